The fraction of sp³-hybridized carbons (Fsp3) is 0.120. The van der Waals surface area contributed by atoms with Gasteiger partial charge in [-0.3, -0.25) is 0 Å². The van der Waals surface area contributed by atoms with Gasteiger partial charge < -0.3 is 9.80 Å². The summed E-state index contributed by atoms with van der Waals surface area (Å²) in [4.78, 5) is 4.04. The summed E-state index contributed by atoms with van der Waals surface area (Å²) >= 11 is 0. The summed E-state index contributed by atoms with van der Waals surface area (Å²) < 4.78 is 166. The van der Waals surface area contributed by atoms with Crippen molar-refractivity contribution in [3.63, 3.8) is 0 Å². The van der Waals surface area contributed by atoms with Crippen molar-refractivity contribution in [1.82, 2.24) is 0 Å². The Bertz CT molecular complexity index is 5970. The number of benzene rings is 13. The van der Waals surface area contributed by atoms with E-state index in [4.69, 9.17) is 0 Å². The van der Waals surface area contributed by atoms with Gasteiger partial charge in [0.2, 0.25) is 11.6 Å². The molecule has 0 N–H and O–H groups in total. The molecule has 2 unspecified atom stereocenters. The molecule has 0 bridgehead atoms. The third-order valence-electron chi connectivity index (χ3n) is 22.8. The lowest BCUT2D eigenvalue weighted by molar-refractivity contribution is 0.363. The molecule has 16 rings (SSSR count). The van der Waals surface area contributed by atoms with Crippen LogP contribution in [0.25, 0.3) is 40.0 Å². The third-order valence-corrected chi connectivity index (χ3v) is 22.8. The Morgan fingerprint density at radius 3 is 0.955 bits per heavy atom. The van der Waals surface area contributed by atoms with Gasteiger partial charge in [0.05, 0.1) is 16.2 Å². The summed E-state index contributed by atoms with van der Waals surface area (Å²) in [7, 11) is 0. The normalized spacial score (nSPS) is 15.9. The molecule has 2 nitrogen and oxygen atoms in total. The minimum absolute atomic E-state index is 0.199. The molecule has 554 valence electrons. The topological polar surface area (TPSA) is 6.48 Å². The van der Waals surface area contributed by atoms with Crippen LogP contribution in [0.3, 0.4) is 0 Å². The maximum Gasteiger partial charge on any atom is 0.200 e. The summed E-state index contributed by atoms with van der Waals surface area (Å²) in [5.41, 5.74) is 7.02. The summed E-state index contributed by atoms with van der Waals surface area (Å²) in [5, 5.41) is 0. The van der Waals surface area contributed by atoms with Crippen molar-refractivity contribution in [3.05, 3.63) is 446 Å². The SMILES string of the molecule is C=CC1=C(/C=C\C)C(c2ccc(C=C)cc2)(c2c(F)c(F)c(F)c(F)c2F)c2cc(N(c3ccccc3)c3ccc4c(c3)C(c3ccc(C(C)(C)C)cc3)(c3ccc(C(C)(C)C)cc3)c3cc(N(c5ccccc5)c5ccc6c(c5)C(c5ccc(C=C)cc5)(c5c(F)c(F)c(F)c(F)c5F)c5ccccc5-6)ccc3-4)ccc21. The first-order valence-electron chi connectivity index (χ1n) is 36.9. The van der Waals surface area contributed by atoms with E-state index in [1.807, 2.05) is 101 Å². The number of hydrogen-bond donors (Lipinski definition) is 0. The Labute approximate surface area is 645 Å². The van der Waals surface area contributed by atoms with Crippen LogP contribution in [0.2, 0.25) is 0 Å². The van der Waals surface area contributed by atoms with Gasteiger partial charge >= 0.3 is 0 Å². The van der Waals surface area contributed by atoms with Crippen LogP contribution in [0.1, 0.15) is 137 Å². The standard InChI is InChI=1S/C100H74F10N2/c1-11-23-78-72(14-4)74-50-46-70(56-82(74)99(78,64-34-30-58(12-2)31-35-64)84-86(101)90(105)94(109)91(106)87(84)102)111(66-24-17-15-18-25-66)68-48-52-76-77-53-49-69(55-81(77)98(80(76)54-68,62-42-38-60(39-43-62)96(5,6)7)63-44-40-61(41-45-63)97(8,9)10)112(67-26-19-16-20-27-67)71-47-51-75-73-28-21-22-29-79(73)100(83(75)57-71,65-36-32-59(13-3)33-37-65)85-88(103)92(107)95(110)93(108)89(85)104/h11-57H,2-4H2,1,5-10H3/b23-11-. The molecule has 13 aromatic rings. The Hall–Kier alpha value is -12.5. The minimum Gasteiger partial charge on any atom is -0.310 e. The quantitative estimate of drug-likeness (QED) is 0.0540. The van der Waals surface area contributed by atoms with E-state index in [1.54, 1.807) is 122 Å². The third kappa shape index (κ3) is 11.0. The average molecular weight is 1490 g/mol. The molecule has 12 heteroatoms. The molecule has 0 radical (unpaired) electrons. The van der Waals surface area contributed by atoms with Crippen LogP contribution in [0, 0.1) is 58.2 Å². The van der Waals surface area contributed by atoms with Crippen molar-refractivity contribution >= 4 is 51.8 Å². The monoisotopic (exact) mass is 1490 g/mol. The summed E-state index contributed by atoms with van der Waals surface area (Å²) in [6.07, 6.45) is 8.00. The van der Waals surface area contributed by atoms with E-state index in [1.165, 1.54) is 6.08 Å². The highest BCUT2D eigenvalue weighted by Gasteiger charge is 2.55. The first-order valence-corrected chi connectivity index (χ1v) is 36.9. The van der Waals surface area contributed by atoms with Crippen molar-refractivity contribution in [3.8, 4) is 22.3 Å². The smallest absolute Gasteiger partial charge is 0.200 e. The molecule has 3 aliphatic rings. The number of hydrogen-bond acceptors (Lipinski definition) is 2. The Morgan fingerprint density at radius 1 is 0.286 bits per heavy atom. The first-order chi connectivity index (χ1) is 53.8. The number of nitrogens with zero attached hydrogens (tertiary/aromatic N) is 2. The zero-order chi connectivity index (χ0) is 78.8. The fourth-order valence-electron chi connectivity index (χ4n) is 17.6. The van der Waals surface area contributed by atoms with E-state index in [0.717, 1.165) is 44.5 Å². The van der Waals surface area contributed by atoms with Crippen LogP contribution in [0.4, 0.5) is 78.0 Å². The van der Waals surface area contributed by atoms with Gasteiger partial charge in [0.15, 0.2) is 46.5 Å². The molecule has 0 spiro atoms. The van der Waals surface area contributed by atoms with Crippen LogP contribution in [-0.2, 0) is 27.1 Å². The molecule has 0 saturated carbocycles. The molecule has 0 aliphatic heterocycles. The van der Waals surface area contributed by atoms with E-state index < -0.39 is 85.5 Å². The molecule has 0 heterocycles. The van der Waals surface area contributed by atoms with Crippen LogP contribution in [0.5, 0.6) is 0 Å². The van der Waals surface area contributed by atoms with Crippen LogP contribution in [-0.4, -0.2) is 0 Å². The van der Waals surface area contributed by atoms with Gasteiger partial charge in [-0.15, -0.1) is 0 Å². The average Bonchev–Trinajstić information content (AvgIpc) is 1.51. The Balaban J connectivity index is 0.970. The lowest BCUT2D eigenvalue weighted by Crippen LogP contribution is -2.33. The molecule has 0 fully saturated rings. The van der Waals surface area contributed by atoms with Crippen molar-refractivity contribution in [1.29, 1.82) is 0 Å². The number of anilines is 6. The van der Waals surface area contributed by atoms with Crippen LogP contribution < -0.4 is 9.80 Å². The molecule has 0 amide bonds. The minimum atomic E-state index is -2.30. The number of allylic oxidation sites excluding steroid dienone is 5. The second-order valence-corrected chi connectivity index (χ2v) is 30.8. The zero-order valence-electron chi connectivity index (χ0n) is 62.4. The van der Waals surface area contributed by atoms with Crippen molar-refractivity contribution < 1.29 is 43.9 Å². The van der Waals surface area contributed by atoms with E-state index in [-0.39, 0.29) is 38.7 Å². The number of rotatable bonds is 16. The van der Waals surface area contributed by atoms with Gasteiger partial charge in [-0.25, -0.2) is 43.9 Å². The van der Waals surface area contributed by atoms with Gasteiger partial charge in [0.1, 0.15) is 0 Å². The van der Waals surface area contributed by atoms with Crippen molar-refractivity contribution in [2.75, 3.05) is 9.80 Å². The predicted molar refractivity (Wildman–Crippen MR) is 432 cm³/mol. The molecule has 13 aromatic carbocycles. The first kappa shape index (κ1) is 73.6. The highest BCUT2D eigenvalue weighted by atomic mass is 19.2. The zero-order valence-corrected chi connectivity index (χ0v) is 62.4. The lowest BCUT2D eigenvalue weighted by Gasteiger charge is -2.37. The molecular weight excluding hydrogens is 1420 g/mol. The number of halogens is 10. The molecule has 112 heavy (non-hydrogen) atoms. The van der Waals surface area contributed by atoms with Gasteiger partial charge in [0, 0.05) is 45.3 Å². The van der Waals surface area contributed by atoms with Gasteiger partial charge in [-0.1, -0.05) is 274 Å². The maximum absolute atomic E-state index is 17.5. The van der Waals surface area contributed by atoms with E-state index in [9.17, 15) is 0 Å². The second kappa shape index (κ2) is 27.5. The van der Waals surface area contributed by atoms with E-state index in [2.05, 4.69) is 134 Å². The number of para-hydroxylation sites is 2. The van der Waals surface area contributed by atoms with Crippen LogP contribution >= 0.6 is 0 Å². The van der Waals surface area contributed by atoms with Crippen molar-refractivity contribution in [2.24, 2.45) is 0 Å². The van der Waals surface area contributed by atoms with Gasteiger partial charge in [0.25, 0.3) is 0 Å². The Kier molecular flexibility index (Phi) is 18.1. The molecular formula is C100H74F10N2. The predicted octanol–water partition coefficient (Wildman–Crippen LogP) is 27.5. The molecule has 2 atom stereocenters. The maximum atomic E-state index is 17.5. The summed E-state index contributed by atoms with van der Waals surface area (Å²) in [6.45, 7) is 26.7. The van der Waals surface area contributed by atoms with E-state index in [0.29, 0.717) is 73.1 Å². The highest BCUT2D eigenvalue weighted by molar-refractivity contribution is 5.97. The number of fused-ring (bicyclic) bond motifs is 7. The van der Waals surface area contributed by atoms with Crippen molar-refractivity contribution in [2.45, 2.75) is 75.5 Å². The van der Waals surface area contributed by atoms with E-state index >= 15 is 43.9 Å². The van der Waals surface area contributed by atoms with Crippen LogP contribution in [0.15, 0.2) is 298 Å². The molecule has 0 saturated heterocycles. The lowest BCUT2D eigenvalue weighted by atomic mass is 9.66. The largest absolute Gasteiger partial charge is 0.310 e. The second-order valence-electron chi connectivity index (χ2n) is 30.8. The Morgan fingerprint density at radius 2 is 0.589 bits per heavy atom. The summed E-state index contributed by atoms with van der Waals surface area (Å²) in [5.74, 6) is -20.9. The molecule has 0 aromatic heterocycles. The fourth-order valence-corrected chi connectivity index (χ4v) is 17.6. The molecule has 3 aliphatic carbocycles. The van der Waals surface area contributed by atoms with Gasteiger partial charge in [-0.2, -0.15) is 0 Å². The van der Waals surface area contributed by atoms with Gasteiger partial charge in [-0.05, 0) is 202 Å². The highest BCUT2D eigenvalue weighted by Crippen LogP contribution is 2.63. The summed E-state index contributed by atoms with van der Waals surface area (Å²) in [6, 6.07) is 80.0.